The van der Waals surface area contributed by atoms with E-state index in [-0.39, 0.29) is 17.3 Å². The molecule has 7 nitrogen and oxygen atoms in total. The van der Waals surface area contributed by atoms with Gasteiger partial charge in [0.15, 0.2) is 0 Å². The molecule has 2 aromatic rings. The van der Waals surface area contributed by atoms with Crippen LogP contribution in [0.5, 0.6) is 0 Å². The second kappa shape index (κ2) is 4.89. The number of aromatic carboxylic acids is 1. The molecule has 0 aliphatic carbocycles. The molecule has 0 spiro atoms. The average Bonchev–Trinajstić information content (AvgIpc) is 2.78. The SMILES string of the molecule is Cc1nc(C(=O)Nc2cc(C(=O)O)ccc2C)no1. The molecule has 2 rings (SSSR count). The highest BCUT2D eigenvalue weighted by Crippen LogP contribution is 2.17. The number of carbonyl (C=O) groups is 2. The Hall–Kier alpha value is -2.70. The fourth-order valence-corrected chi connectivity index (χ4v) is 1.46. The lowest BCUT2D eigenvalue weighted by atomic mass is 10.1. The summed E-state index contributed by atoms with van der Waals surface area (Å²) in [5.41, 5.74) is 1.22. The van der Waals surface area contributed by atoms with Crippen LogP contribution in [0.1, 0.15) is 32.4 Å². The van der Waals surface area contributed by atoms with Crippen molar-refractivity contribution in [3.8, 4) is 0 Å². The fraction of sp³-hybridized carbons (Fsp3) is 0.167. The Morgan fingerprint density at radius 3 is 2.63 bits per heavy atom. The van der Waals surface area contributed by atoms with Crippen molar-refractivity contribution in [2.24, 2.45) is 0 Å². The van der Waals surface area contributed by atoms with Crippen molar-refractivity contribution in [2.75, 3.05) is 5.32 Å². The topological polar surface area (TPSA) is 105 Å². The third-order valence-electron chi connectivity index (χ3n) is 2.46. The van der Waals surface area contributed by atoms with Crippen molar-refractivity contribution >= 4 is 17.6 Å². The number of aryl methyl sites for hydroxylation is 2. The summed E-state index contributed by atoms with van der Waals surface area (Å²) in [6, 6.07) is 4.45. The van der Waals surface area contributed by atoms with E-state index < -0.39 is 11.9 Å². The Labute approximate surface area is 108 Å². The van der Waals surface area contributed by atoms with Gasteiger partial charge in [0.1, 0.15) is 0 Å². The van der Waals surface area contributed by atoms with E-state index in [1.54, 1.807) is 19.9 Å². The van der Waals surface area contributed by atoms with Gasteiger partial charge in [-0.1, -0.05) is 11.2 Å². The van der Waals surface area contributed by atoms with Crippen LogP contribution in [-0.4, -0.2) is 27.1 Å². The molecule has 0 unspecified atom stereocenters. The van der Waals surface area contributed by atoms with Gasteiger partial charge in [-0.2, -0.15) is 4.98 Å². The molecule has 19 heavy (non-hydrogen) atoms. The zero-order valence-electron chi connectivity index (χ0n) is 10.3. The Morgan fingerprint density at radius 2 is 2.05 bits per heavy atom. The number of nitrogens with zero attached hydrogens (tertiary/aromatic N) is 2. The van der Waals surface area contributed by atoms with Crippen LogP contribution in [-0.2, 0) is 0 Å². The first-order valence-corrected chi connectivity index (χ1v) is 5.43. The lowest BCUT2D eigenvalue weighted by molar-refractivity contribution is 0.0696. The van der Waals surface area contributed by atoms with Crippen molar-refractivity contribution < 1.29 is 19.2 Å². The number of amides is 1. The maximum absolute atomic E-state index is 11.8. The first-order chi connectivity index (χ1) is 8.97. The van der Waals surface area contributed by atoms with E-state index >= 15 is 0 Å². The third kappa shape index (κ3) is 2.76. The number of aromatic nitrogens is 2. The van der Waals surface area contributed by atoms with Gasteiger partial charge in [-0.3, -0.25) is 4.79 Å². The summed E-state index contributed by atoms with van der Waals surface area (Å²) in [6.07, 6.45) is 0. The van der Waals surface area contributed by atoms with Gasteiger partial charge in [0.05, 0.1) is 5.56 Å². The van der Waals surface area contributed by atoms with Gasteiger partial charge in [-0.25, -0.2) is 4.79 Å². The van der Waals surface area contributed by atoms with E-state index in [0.717, 1.165) is 5.56 Å². The molecule has 0 saturated carbocycles. The van der Waals surface area contributed by atoms with E-state index in [4.69, 9.17) is 9.63 Å². The maximum Gasteiger partial charge on any atom is 0.335 e. The Morgan fingerprint density at radius 1 is 1.32 bits per heavy atom. The third-order valence-corrected chi connectivity index (χ3v) is 2.46. The molecule has 0 fully saturated rings. The summed E-state index contributed by atoms with van der Waals surface area (Å²) in [4.78, 5) is 26.5. The minimum atomic E-state index is -1.06. The smallest absolute Gasteiger partial charge is 0.335 e. The molecule has 7 heteroatoms. The zero-order chi connectivity index (χ0) is 14.0. The van der Waals surface area contributed by atoms with E-state index in [9.17, 15) is 9.59 Å². The van der Waals surface area contributed by atoms with Crippen LogP contribution < -0.4 is 5.32 Å². The molecule has 2 N–H and O–H groups in total. The lowest BCUT2D eigenvalue weighted by Crippen LogP contribution is -2.15. The van der Waals surface area contributed by atoms with Crippen molar-refractivity contribution in [1.82, 2.24) is 10.1 Å². The molecule has 1 amide bonds. The van der Waals surface area contributed by atoms with Gasteiger partial charge >= 0.3 is 5.97 Å². The summed E-state index contributed by atoms with van der Waals surface area (Å²) < 4.78 is 4.70. The van der Waals surface area contributed by atoms with Crippen LogP contribution in [0, 0.1) is 13.8 Å². The summed E-state index contributed by atoms with van der Waals surface area (Å²) in [5.74, 6) is -1.44. The molecule has 0 atom stereocenters. The van der Waals surface area contributed by atoms with Crippen LogP contribution in [0.25, 0.3) is 0 Å². The van der Waals surface area contributed by atoms with Gasteiger partial charge in [0, 0.05) is 12.6 Å². The number of carbonyl (C=O) groups excluding carboxylic acids is 1. The van der Waals surface area contributed by atoms with E-state index in [2.05, 4.69) is 15.5 Å². The Balaban J connectivity index is 2.25. The Kier molecular flexibility index (Phi) is 3.28. The van der Waals surface area contributed by atoms with Crippen LogP contribution in [0.15, 0.2) is 22.7 Å². The van der Waals surface area contributed by atoms with E-state index in [1.165, 1.54) is 12.1 Å². The van der Waals surface area contributed by atoms with Gasteiger partial charge in [-0.05, 0) is 24.6 Å². The van der Waals surface area contributed by atoms with Crippen molar-refractivity contribution in [3.05, 3.63) is 41.0 Å². The molecule has 1 aromatic heterocycles. The highest BCUT2D eigenvalue weighted by molar-refractivity contribution is 6.02. The number of carboxylic acid groups (broad SMARTS) is 1. The van der Waals surface area contributed by atoms with E-state index in [1.807, 2.05) is 0 Å². The van der Waals surface area contributed by atoms with Crippen molar-refractivity contribution in [1.29, 1.82) is 0 Å². The summed E-state index contributed by atoms with van der Waals surface area (Å²) >= 11 is 0. The summed E-state index contributed by atoms with van der Waals surface area (Å²) in [6.45, 7) is 3.32. The number of benzene rings is 1. The molecule has 0 bridgehead atoms. The number of carboxylic acids is 1. The second-order valence-corrected chi connectivity index (χ2v) is 3.93. The minimum absolute atomic E-state index is 0.0881. The minimum Gasteiger partial charge on any atom is -0.478 e. The van der Waals surface area contributed by atoms with Crippen LogP contribution >= 0.6 is 0 Å². The van der Waals surface area contributed by atoms with Crippen molar-refractivity contribution in [3.63, 3.8) is 0 Å². The van der Waals surface area contributed by atoms with Gasteiger partial charge in [0.2, 0.25) is 5.89 Å². The molecule has 0 aliphatic heterocycles. The number of anilines is 1. The summed E-state index contributed by atoms with van der Waals surface area (Å²) in [5, 5.41) is 14.9. The predicted molar refractivity (Wildman–Crippen MR) is 65.1 cm³/mol. The molecule has 1 aromatic carbocycles. The number of hydrogen-bond donors (Lipinski definition) is 2. The second-order valence-electron chi connectivity index (χ2n) is 3.93. The molecule has 98 valence electrons. The monoisotopic (exact) mass is 261 g/mol. The quantitative estimate of drug-likeness (QED) is 0.870. The normalized spacial score (nSPS) is 10.2. The predicted octanol–water partition coefficient (Wildman–Crippen LogP) is 1.64. The van der Waals surface area contributed by atoms with Gasteiger partial charge in [0.25, 0.3) is 11.7 Å². The van der Waals surface area contributed by atoms with Crippen molar-refractivity contribution in [2.45, 2.75) is 13.8 Å². The largest absolute Gasteiger partial charge is 0.478 e. The van der Waals surface area contributed by atoms with Gasteiger partial charge in [-0.15, -0.1) is 0 Å². The van der Waals surface area contributed by atoms with Crippen LogP contribution in [0.3, 0.4) is 0 Å². The first-order valence-electron chi connectivity index (χ1n) is 5.43. The van der Waals surface area contributed by atoms with Crippen LogP contribution in [0.2, 0.25) is 0 Å². The highest BCUT2D eigenvalue weighted by Gasteiger charge is 2.15. The maximum atomic E-state index is 11.8. The average molecular weight is 261 g/mol. The molecular weight excluding hydrogens is 250 g/mol. The standard InChI is InChI=1S/C12H11N3O4/c1-6-3-4-8(12(17)18)5-9(6)14-11(16)10-13-7(2)19-15-10/h3-5H,1-2H3,(H,14,16)(H,17,18). The molecular formula is C12H11N3O4. The Bertz CT molecular complexity index is 648. The van der Waals surface area contributed by atoms with Gasteiger partial charge < -0.3 is 14.9 Å². The van der Waals surface area contributed by atoms with E-state index in [0.29, 0.717) is 5.69 Å². The fourth-order valence-electron chi connectivity index (χ4n) is 1.46. The number of hydrogen-bond acceptors (Lipinski definition) is 5. The highest BCUT2D eigenvalue weighted by atomic mass is 16.5. The molecule has 0 radical (unpaired) electrons. The number of nitrogens with one attached hydrogen (secondary N) is 1. The lowest BCUT2D eigenvalue weighted by Gasteiger charge is -2.07. The summed E-state index contributed by atoms with van der Waals surface area (Å²) in [7, 11) is 0. The van der Waals surface area contributed by atoms with Crippen LogP contribution in [0.4, 0.5) is 5.69 Å². The molecule has 1 heterocycles. The molecule has 0 aliphatic rings. The number of rotatable bonds is 3. The molecule has 0 saturated heterocycles. The first kappa shape index (κ1) is 12.7. The zero-order valence-corrected chi connectivity index (χ0v) is 10.3.